The van der Waals surface area contributed by atoms with E-state index in [1.165, 1.54) is 11.1 Å². The summed E-state index contributed by atoms with van der Waals surface area (Å²) in [5, 5.41) is 2.28. The van der Waals surface area contributed by atoms with Crippen LogP contribution in [0.3, 0.4) is 0 Å². The number of nitrogens with two attached hydrogens (primary N) is 1. The Morgan fingerprint density at radius 3 is 2.58 bits per heavy atom. The second-order valence-corrected chi connectivity index (χ2v) is 5.29. The highest BCUT2D eigenvalue weighted by Crippen LogP contribution is 2.22. The molecular formula is C16H28NO2+. The maximum absolute atomic E-state index is 5.82. The fourth-order valence-corrected chi connectivity index (χ4v) is 1.97. The molecule has 0 aliphatic carbocycles. The first-order valence-corrected chi connectivity index (χ1v) is 7.18. The quantitative estimate of drug-likeness (QED) is 0.695. The van der Waals surface area contributed by atoms with Crippen molar-refractivity contribution in [3.63, 3.8) is 0 Å². The third-order valence-electron chi connectivity index (χ3n) is 3.09. The van der Waals surface area contributed by atoms with Gasteiger partial charge < -0.3 is 14.8 Å². The van der Waals surface area contributed by atoms with Crippen LogP contribution in [0, 0.1) is 6.92 Å². The van der Waals surface area contributed by atoms with Crippen molar-refractivity contribution in [1.82, 2.24) is 0 Å². The fraction of sp³-hybridized carbons (Fsp3) is 0.625. The van der Waals surface area contributed by atoms with Gasteiger partial charge in [-0.15, -0.1) is 0 Å². The smallest absolute Gasteiger partial charge is 0.137 e. The van der Waals surface area contributed by atoms with Crippen molar-refractivity contribution in [3.05, 3.63) is 29.3 Å². The summed E-state index contributed by atoms with van der Waals surface area (Å²) in [5.41, 5.74) is 2.62. The number of quaternary nitrogens is 1. The average molecular weight is 266 g/mol. The molecule has 1 aromatic carbocycles. The van der Waals surface area contributed by atoms with Crippen LogP contribution >= 0.6 is 0 Å². The minimum atomic E-state index is 0.544. The van der Waals surface area contributed by atoms with Crippen LogP contribution in [0.5, 0.6) is 5.75 Å². The predicted octanol–water partition coefficient (Wildman–Crippen LogP) is 2.10. The summed E-state index contributed by atoms with van der Waals surface area (Å²) in [7, 11) is 1.74. The van der Waals surface area contributed by atoms with Gasteiger partial charge in [0.1, 0.15) is 18.9 Å². The molecule has 0 radical (unpaired) electrons. The van der Waals surface area contributed by atoms with E-state index in [-0.39, 0.29) is 0 Å². The van der Waals surface area contributed by atoms with Crippen molar-refractivity contribution in [2.24, 2.45) is 0 Å². The zero-order chi connectivity index (χ0) is 14.1. The number of hydrogen-bond donors (Lipinski definition) is 1. The molecule has 19 heavy (non-hydrogen) atoms. The van der Waals surface area contributed by atoms with E-state index >= 15 is 0 Å². The van der Waals surface area contributed by atoms with E-state index in [4.69, 9.17) is 9.47 Å². The van der Waals surface area contributed by atoms with E-state index < -0.39 is 0 Å². The lowest BCUT2D eigenvalue weighted by Gasteiger charge is -2.11. The van der Waals surface area contributed by atoms with Gasteiger partial charge in [0.05, 0.1) is 13.2 Å². The van der Waals surface area contributed by atoms with Gasteiger partial charge in [-0.2, -0.15) is 0 Å². The number of ether oxygens (including phenoxy) is 2. The molecule has 3 nitrogen and oxygen atoms in total. The molecule has 0 aliphatic rings. The van der Waals surface area contributed by atoms with Crippen molar-refractivity contribution >= 4 is 0 Å². The molecule has 1 aromatic rings. The van der Waals surface area contributed by atoms with E-state index in [1.54, 1.807) is 7.11 Å². The molecule has 0 unspecified atom stereocenters. The highest BCUT2D eigenvalue weighted by atomic mass is 16.5. The van der Waals surface area contributed by atoms with Gasteiger partial charge in [0.15, 0.2) is 0 Å². The first-order chi connectivity index (χ1) is 9.13. The molecule has 0 amide bonds. The molecule has 0 aromatic heterocycles. The van der Waals surface area contributed by atoms with Gasteiger partial charge in [-0.25, -0.2) is 0 Å². The highest BCUT2D eigenvalue weighted by molar-refractivity contribution is 5.35. The van der Waals surface area contributed by atoms with Crippen LogP contribution in [0.25, 0.3) is 0 Å². The molecule has 0 aliphatic heterocycles. The average Bonchev–Trinajstić information content (AvgIpc) is 2.37. The molecule has 108 valence electrons. The Bertz CT molecular complexity index is 364. The van der Waals surface area contributed by atoms with Crippen molar-refractivity contribution in [3.8, 4) is 5.75 Å². The zero-order valence-corrected chi connectivity index (χ0v) is 12.7. The summed E-state index contributed by atoms with van der Waals surface area (Å²) in [6, 6.07) is 6.49. The Kier molecular flexibility index (Phi) is 7.53. The molecule has 0 spiro atoms. The Labute approximate surface area is 117 Å². The first kappa shape index (κ1) is 16.0. The normalized spacial score (nSPS) is 11.0. The van der Waals surface area contributed by atoms with E-state index in [1.807, 2.05) is 0 Å². The lowest BCUT2D eigenvalue weighted by Crippen LogP contribution is -2.85. The van der Waals surface area contributed by atoms with Crippen molar-refractivity contribution in [2.45, 2.75) is 33.1 Å². The van der Waals surface area contributed by atoms with Gasteiger partial charge in [0, 0.05) is 13.5 Å². The van der Waals surface area contributed by atoms with Gasteiger partial charge in [-0.3, -0.25) is 0 Å². The number of aryl methyl sites for hydroxylation is 1. The Hall–Kier alpha value is -1.06. The monoisotopic (exact) mass is 266 g/mol. The number of methoxy groups -OCH3 is 1. The molecule has 2 N–H and O–H groups in total. The number of rotatable bonds is 9. The topological polar surface area (TPSA) is 35.1 Å². The third-order valence-corrected chi connectivity index (χ3v) is 3.09. The van der Waals surface area contributed by atoms with Gasteiger partial charge in [0.25, 0.3) is 0 Å². The van der Waals surface area contributed by atoms with Crippen molar-refractivity contribution in [2.75, 3.05) is 33.4 Å². The highest BCUT2D eigenvalue weighted by Gasteiger charge is 2.03. The molecule has 0 atom stereocenters. The van der Waals surface area contributed by atoms with Gasteiger partial charge in [0.2, 0.25) is 0 Å². The molecule has 0 heterocycles. The van der Waals surface area contributed by atoms with Crippen molar-refractivity contribution in [1.29, 1.82) is 0 Å². The largest absolute Gasteiger partial charge is 0.488 e. The summed E-state index contributed by atoms with van der Waals surface area (Å²) in [4.78, 5) is 0. The van der Waals surface area contributed by atoms with Gasteiger partial charge >= 0.3 is 0 Å². The summed E-state index contributed by atoms with van der Waals surface area (Å²) in [6.07, 6.45) is 1.10. The Morgan fingerprint density at radius 1 is 1.11 bits per heavy atom. The molecule has 3 heteroatoms. The van der Waals surface area contributed by atoms with Crippen LogP contribution < -0.4 is 10.1 Å². The molecule has 0 fully saturated rings. The molecule has 0 bridgehead atoms. The maximum atomic E-state index is 5.82. The van der Waals surface area contributed by atoms with Crippen LogP contribution in [0.4, 0.5) is 0 Å². The summed E-state index contributed by atoms with van der Waals surface area (Å²) in [6.45, 7) is 10.2. The van der Waals surface area contributed by atoms with E-state index in [0.717, 1.165) is 38.5 Å². The Balaban J connectivity index is 2.29. The SMILES string of the molecule is COCCC[NH2+]CCOc1cc(C)cc(C(C)C)c1. The second kappa shape index (κ2) is 8.94. The zero-order valence-electron chi connectivity index (χ0n) is 12.7. The molecule has 0 saturated carbocycles. The summed E-state index contributed by atoms with van der Waals surface area (Å²) >= 11 is 0. The summed E-state index contributed by atoms with van der Waals surface area (Å²) < 4.78 is 10.8. The minimum absolute atomic E-state index is 0.544. The Morgan fingerprint density at radius 2 is 1.89 bits per heavy atom. The van der Waals surface area contributed by atoms with Gasteiger partial charge in [-0.05, 0) is 36.1 Å². The van der Waals surface area contributed by atoms with E-state index in [0.29, 0.717) is 5.92 Å². The van der Waals surface area contributed by atoms with E-state index in [9.17, 15) is 0 Å². The summed E-state index contributed by atoms with van der Waals surface area (Å²) in [5.74, 6) is 1.54. The standard InChI is InChI=1S/C16H27NO2/c1-13(2)15-10-14(3)11-16(12-15)19-9-7-17-6-5-8-18-4/h10-13,17H,5-9H2,1-4H3/p+1. The second-order valence-electron chi connectivity index (χ2n) is 5.29. The van der Waals surface area contributed by atoms with Gasteiger partial charge in [-0.1, -0.05) is 19.9 Å². The lowest BCUT2D eigenvalue weighted by atomic mass is 10.0. The first-order valence-electron chi connectivity index (χ1n) is 7.18. The number of hydrogen-bond acceptors (Lipinski definition) is 2. The van der Waals surface area contributed by atoms with Crippen molar-refractivity contribution < 1.29 is 14.8 Å². The fourth-order valence-electron chi connectivity index (χ4n) is 1.97. The van der Waals surface area contributed by atoms with Crippen LogP contribution in [0.15, 0.2) is 18.2 Å². The number of benzene rings is 1. The van der Waals surface area contributed by atoms with Crippen LogP contribution in [-0.4, -0.2) is 33.4 Å². The minimum Gasteiger partial charge on any atom is -0.488 e. The third kappa shape index (κ3) is 6.60. The van der Waals surface area contributed by atoms with Crippen LogP contribution in [0.1, 0.15) is 37.3 Å². The molecule has 0 saturated heterocycles. The molecule has 1 rings (SSSR count). The maximum Gasteiger partial charge on any atom is 0.137 e. The van der Waals surface area contributed by atoms with Crippen LogP contribution in [0.2, 0.25) is 0 Å². The predicted molar refractivity (Wildman–Crippen MR) is 78.9 cm³/mol. The molecular weight excluding hydrogens is 238 g/mol. The van der Waals surface area contributed by atoms with Crippen LogP contribution in [-0.2, 0) is 4.74 Å². The lowest BCUT2D eigenvalue weighted by molar-refractivity contribution is -0.655. The van der Waals surface area contributed by atoms with E-state index in [2.05, 4.69) is 44.3 Å².